The first-order valence-corrected chi connectivity index (χ1v) is 7.15. The van der Waals surface area contributed by atoms with Crippen molar-refractivity contribution in [2.75, 3.05) is 6.54 Å². The molecule has 120 valence electrons. The van der Waals surface area contributed by atoms with E-state index in [2.05, 4.69) is 20.1 Å². The largest absolute Gasteiger partial charge is 0.349 e. The molecule has 21 heavy (non-hydrogen) atoms. The van der Waals surface area contributed by atoms with Gasteiger partial charge in [-0.3, -0.25) is 4.79 Å². The third-order valence-electron chi connectivity index (χ3n) is 4.31. The lowest BCUT2D eigenvalue weighted by atomic mass is 9.95. The summed E-state index contributed by atoms with van der Waals surface area (Å²) in [5.41, 5.74) is 5.72. The molecule has 1 amide bonds. The highest BCUT2D eigenvalue weighted by atomic mass is 35.5. The zero-order valence-corrected chi connectivity index (χ0v) is 13.5. The fourth-order valence-electron chi connectivity index (χ4n) is 3.01. The summed E-state index contributed by atoms with van der Waals surface area (Å²) in [5.74, 6) is 1.42. The van der Waals surface area contributed by atoms with Crippen LogP contribution >= 0.6 is 24.8 Å². The normalized spacial score (nSPS) is 24.0. The van der Waals surface area contributed by atoms with Gasteiger partial charge in [0, 0.05) is 12.0 Å². The molecule has 0 saturated heterocycles. The fraction of sp³-hybridized carbons (Fsp3) is 0.769. The van der Waals surface area contributed by atoms with Crippen LogP contribution in [-0.4, -0.2) is 27.2 Å². The third-order valence-corrected chi connectivity index (χ3v) is 4.31. The molecule has 1 heterocycles. The monoisotopic (exact) mass is 335 g/mol. The number of hydrogen-bond donors (Lipinski definition) is 2. The van der Waals surface area contributed by atoms with Crippen LogP contribution in [0.5, 0.6) is 0 Å². The van der Waals surface area contributed by atoms with E-state index in [1.807, 2.05) is 0 Å². The highest BCUT2D eigenvalue weighted by Crippen LogP contribution is 2.35. The third kappa shape index (κ3) is 4.08. The molecule has 6 nitrogen and oxygen atoms in total. The Morgan fingerprint density at radius 1 is 1.33 bits per heavy atom. The lowest BCUT2D eigenvalue weighted by Crippen LogP contribution is -2.35. The Kier molecular flexibility index (Phi) is 6.90. The fourth-order valence-corrected chi connectivity index (χ4v) is 3.01. The van der Waals surface area contributed by atoms with Gasteiger partial charge in [-0.15, -0.1) is 35.0 Å². The minimum atomic E-state index is 0. The van der Waals surface area contributed by atoms with E-state index in [1.54, 1.807) is 6.33 Å². The number of aromatic nitrogens is 3. The summed E-state index contributed by atoms with van der Waals surface area (Å²) < 4.78 is 2.08. The molecule has 3 rings (SSSR count). The molecule has 0 unspecified atom stereocenters. The summed E-state index contributed by atoms with van der Waals surface area (Å²) in [4.78, 5) is 12.2. The predicted octanol–water partition coefficient (Wildman–Crippen LogP) is 1.45. The van der Waals surface area contributed by atoms with E-state index in [0.29, 0.717) is 25.0 Å². The average molecular weight is 336 g/mol. The standard InChI is InChI=1S/C13H21N5O.2ClH/c14-6-9-2-1-3-11(9)13(19)15-7-12-17-16-8-18(12)10-4-5-10;;/h8-11H,1-7,14H2,(H,15,19);2*1H/t9-,11-;;/m1../s1. The molecule has 8 heteroatoms. The molecule has 0 aliphatic heterocycles. The molecule has 2 fully saturated rings. The van der Waals surface area contributed by atoms with Crippen LogP contribution in [0.3, 0.4) is 0 Å². The highest BCUT2D eigenvalue weighted by molar-refractivity contribution is 5.85. The molecule has 3 N–H and O–H groups in total. The smallest absolute Gasteiger partial charge is 0.223 e. The van der Waals surface area contributed by atoms with E-state index in [0.717, 1.165) is 25.1 Å². The van der Waals surface area contributed by atoms with Crippen molar-refractivity contribution in [3.8, 4) is 0 Å². The zero-order valence-electron chi connectivity index (χ0n) is 11.9. The maximum atomic E-state index is 12.2. The van der Waals surface area contributed by atoms with Gasteiger partial charge in [0.25, 0.3) is 0 Å². The molecule has 0 aromatic carbocycles. The van der Waals surface area contributed by atoms with Crippen LogP contribution in [0.1, 0.15) is 44.0 Å². The van der Waals surface area contributed by atoms with Gasteiger partial charge in [0.15, 0.2) is 5.82 Å². The number of hydrogen-bond acceptors (Lipinski definition) is 4. The summed E-state index contributed by atoms with van der Waals surface area (Å²) in [5, 5.41) is 11.0. The van der Waals surface area contributed by atoms with Gasteiger partial charge in [-0.2, -0.15) is 0 Å². The maximum absolute atomic E-state index is 12.2. The number of amides is 1. The Labute approximate surface area is 137 Å². The predicted molar refractivity (Wildman–Crippen MR) is 84.5 cm³/mol. The highest BCUT2D eigenvalue weighted by Gasteiger charge is 2.32. The van der Waals surface area contributed by atoms with E-state index in [1.165, 1.54) is 12.8 Å². The minimum Gasteiger partial charge on any atom is -0.349 e. The number of rotatable bonds is 5. The van der Waals surface area contributed by atoms with Crippen molar-refractivity contribution in [2.24, 2.45) is 17.6 Å². The van der Waals surface area contributed by atoms with Crippen LogP contribution < -0.4 is 11.1 Å². The molecule has 2 atom stereocenters. The number of carbonyl (C=O) groups is 1. The molecular weight excluding hydrogens is 313 g/mol. The Balaban J connectivity index is 0.00000110. The van der Waals surface area contributed by atoms with Gasteiger partial charge in [-0.1, -0.05) is 6.42 Å². The first-order chi connectivity index (χ1) is 9.29. The van der Waals surface area contributed by atoms with Crippen molar-refractivity contribution >= 4 is 30.7 Å². The number of halogens is 2. The molecule has 1 aromatic heterocycles. The van der Waals surface area contributed by atoms with E-state index < -0.39 is 0 Å². The van der Waals surface area contributed by atoms with Crippen molar-refractivity contribution in [3.63, 3.8) is 0 Å². The summed E-state index contributed by atoms with van der Waals surface area (Å²) in [6.45, 7) is 1.08. The van der Waals surface area contributed by atoms with Gasteiger partial charge in [0.2, 0.25) is 5.91 Å². The van der Waals surface area contributed by atoms with Crippen LogP contribution in [0, 0.1) is 11.8 Å². The van der Waals surface area contributed by atoms with Gasteiger partial charge in [-0.05, 0) is 38.1 Å². The number of nitrogens with one attached hydrogen (secondary N) is 1. The summed E-state index contributed by atoms with van der Waals surface area (Å²) in [6, 6.07) is 0.546. The van der Waals surface area contributed by atoms with E-state index in [4.69, 9.17) is 5.73 Å². The van der Waals surface area contributed by atoms with Crippen molar-refractivity contribution < 1.29 is 4.79 Å². The van der Waals surface area contributed by atoms with Crippen molar-refractivity contribution in [1.82, 2.24) is 20.1 Å². The van der Waals surface area contributed by atoms with Gasteiger partial charge in [-0.25, -0.2) is 0 Å². The molecule has 2 aliphatic rings. The average Bonchev–Trinajstić information content (AvgIpc) is 2.98. The van der Waals surface area contributed by atoms with Crippen molar-refractivity contribution in [3.05, 3.63) is 12.2 Å². The number of nitrogens with two attached hydrogens (primary N) is 1. The van der Waals surface area contributed by atoms with E-state index in [9.17, 15) is 4.79 Å². The molecule has 1 aromatic rings. The summed E-state index contributed by atoms with van der Waals surface area (Å²) in [7, 11) is 0. The Morgan fingerprint density at radius 3 is 2.76 bits per heavy atom. The minimum absolute atomic E-state index is 0. The first kappa shape index (κ1) is 18.2. The van der Waals surface area contributed by atoms with Crippen LogP contribution in [-0.2, 0) is 11.3 Å². The first-order valence-electron chi connectivity index (χ1n) is 7.15. The van der Waals surface area contributed by atoms with Crippen LogP contribution in [0.25, 0.3) is 0 Å². The second kappa shape index (κ2) is 7.96. The lowest BCUT2D eigenvalue weighted by Gasteiger charge is -2.17. The maximum Gasteiger partial charge on any atom is 0.223 e. The van der Waals surface area contributed by atoms with Crippen LogP contribution in [0.15, 0.2) is 6.33 Å². The van der Waals surface area contributed by atoms with Gasteiger partial charge < -0.3 is 15.6 Å². The lowest BCUT2D eigenvalue weighted by molar-refractivity contribution is -0.126. The van der Waals surface area contributed by atoms with Crippen molar-refractivity contribution in [1.29, 1.82) is 0 Å². The molecule has 0 bridgehead atoms. The zero-order chi connectivity index (χ0) is 13.2. The SMILES string of the molecule is Cl.Cl.NC[C@H]1CCC[C@H]1C(=O)NCc1nncn1C1CC1. The van der Waals surface area contributed by atoms with Gasteiger partial charge >= 0.3 is 0 Å². The van der Waals surface area contributed by atoms with Crippen molar-refractivity contribution in [2.45, 2.75) is 44.7 Å². The van der Waals surface area contributed by atoms with E-state index >= 15 is 0 Å². The Bertz CT molecular complexity index is 463. The number of nitrogens with zero attached hydrogens (tertiary/aromatic N) is 3. The molecule has 0 radical (unpaired) electrons. The molecule has 0 spiro atoms. The topological polar surface area (TPSA) is 85.8 Å². The molecular formula is C13H23Cl2N5O. The number of carbonyl (C=O) groups excluding carboxylic acids is 1. The summed E-state index contributed by atoms with van der Waals surface area (Å²) >= 11 is 0. The van der Waals surface area contributed by atoms with Gasteiger partial charge in [0.1, 0.15) is 6.33 Å². The van der Waals surface area contributed by atoms with E-state index in [-0.39, 0.29) is 36.6 Å². The Hall–Kier alpha value is -0.850. The Morgan fingerprint density at radius 2 is 2.10 bits per heavy atom. The second-order valence-electron chi connectivity index (χ2n) is 5.64. The summed E-state index contributed by atoms with van der Waals surface area (Å²) in [6.07, 6.45) is 7.29. The van der Waals surface area contributed by atoms with Crippen LogP contribution in [0.4, 0.5) is 0 Å². The quantitative estimate of drug-likeness (QED) is 0.852. The van der Waals surface area contributed by atoms with Crippen LogP contribution in [0.2, 0.25) is 0 Å². The molecule has 2 aliphatic carbocycles. The molecule has 2 saturated carbocycles. The van der Waals surface area contributed by atoms with Gasteiger partial charge in [0.05, 0.1) is 6.54 Å². The second-order valence-corrected chi connectivity index (χ2v) is 5.64.